The van der Waals surface area contributed by atoms with Crippen molar-refractivity contribution in [3.05, 3.63) is 84.2 Å². The first-order valence-corrected chi connectivity index (χ1v) is 14.9. The fourth-order valence-corrected chi connectivity index (χ4v) is 5.79. The summed E-state index contributed by atoms with van der Waals surface area (Å²) in [6, 6.07) is 17.3. The Morgan fingerprint density at radius 2 is 1.66 bits per heavy atom. The lowest BCUT2D eigenvalue weighted by molar-refractivity contribution is -0.139. The predicted octanol–water partition coefficient (Wildman–Crippen LogP) is 4.13. The molecule has 41 heavy (non-hydrogen) atoms. The molecule has 0 spiro atoms. The van der Waals surface area contributed by atoms with Gasteiger partial charge < -0.3 is 19.7 Å². The van der Waals surface area contributed by atoms with E-state index in [9.17, 15) is 22.4 Å². The number of fused-ring (bicyclic) bond motifs is 1. The van der Waals surface area contributed by atoms with Gasteiger partial charge >= 0.3 is 0 Å². The van der Waals surface area contributed by atoms with Crippen molar-refractivity contribution in [1.29, 1.82) is 0 Å². The second-order valence-electron chi connectivity index (χ2n) is 9.59. The lowest BCUT2D eigenvalue weighted by atomic mass is 10.1. The Balaban J connectivity index is 1.71. The van der Waals surface area contributed by atoms with Gasteiger partial charge in [0.15, 0.2) is 11.5 Å². The SMILES string of the molecule is CCCCNC(=O)C(C)N(Cc1ccccc1F)C(=O)CN(c1ccc2c(c1)OCCO2)S(=O)(=O)c1ccccc1. The van der Waals surface area contributed by atoms with Crippen molar-refractivity contribution in [2.45, 2.75) is 44.2 Å². The topological polar surface area (TPSA) is 105 Å². The van der Waals surface area contributed by atoms with E-state index in [2.05, 4.69) is 5.32 Å². The van der Waals surface area contributed by atoms with Crippen molar-refractivity contribution in [3.8, 4) is 11.5 Å². The van der Waals surface area contributed by atoms with Crippen LogP contribution in [0.1, 0.15) is 32.3 Å². The largest absolute Gasteiger partial charge is 0.486 e. The molecule has 0 bridgehead atoms. The maximum atomic E-state index is 14.7. The van der Waals surface area contributed by atoms with Gasteiger partial charge in [-0.1, -0.05) is 49.7 Å². The molecule has 1 N–H and O–H groups in total. The summed E-state index contributed by atoms with van der Waals surface area (Å²) in [5.74, 6) is -0.825. The molecule has 11 heteroatoms. The normalized spacial score (nSPS) is 13.2. The van der Waals surface area contributed by atoms with Gasteiger partial charge in [-0.15, -0.1) is 0 Å². The molecule has 1 atom stereocenters. The van der Waals surface area contributed by atoms with E-state index in [1.54, 1.807) is 37.3 Å². The second-order valence-corrected chi connectivity index (χ2v) is 11.4. The minimum Gasteiger partial charge on any atom is -0.486 e. The van der Waals surface area contributed by atoms with Crippen LogP contribution < -0.4 is 19.1 Å². The molecule has 1 aliphatic rings. The number of halogens is 1. The standard InChI is InChI=1S/C30H34FN3O6S/c1-3-4-16-32-30(36)22(2)33(20-23-10-8-9-13-26(23)31)29(35)21-34(41(37,38)25-11-6-5-7-12-25)24-14-15-27-28(19-24)40-18-17-39-27/h5-15,19,22H,3-4,16-18,20-21H2,1-2H3,(H,32,36). The van der Waals surface area contributed by atoms with Gasteiger partial charge in [-0.25, -0.2) is 12.8 Å². The summed E-state index contributed by atoms with van der Waals surface area (Å²) in [7, 11) is -4.24. The molecule has 1 aliphatic heterocycles. The highest BCUT2D eigenvalue weighted by Crippen LogP contribution is 2.36. The number of anilines is 1. The molecule has 9 nitrogen and oxygen atoms in total. The van der Waals surface area contributed by atoms with E-state index in [1.165, 1.54) is 47.4 Å². The Labute approximate surface area is 239 Å². The molecular weight excluding hydrogens is 549 g/mol. The zero-order valence-corrected chi connectivity index (χ0v) is 23.9. The number of nitrogens with one attached hydrogen (secondary N) is 1. The van der Waals surface area contributed by atoms with Crippen molar-refractivity contribution in [3.63, 3.8) is 0 Å². The van der Waals surface area contributed by atoms with E-state index in [0.29, 0.717) is 31.3 Å². The van der Waals surface area contributed by atoms with E-state index in [4.69, 9.17) is 9.47 Å². The molecule has 0 aromatic heterocycles. The molecule has 1 unspecified atom stereocenters. The Hall–Kier alpha value is -4.12. The second kappa shape index (κ2) is 13.5. The van der Waals surface area contributed by atoms with Gasteiger partial charge in [0.1, 0.15) is 31.6 Å². The molecule has 4 rings (SSSR count). The maximum absolute atomic E-state index is 14.7. The lowest BCUT2D eigenvalue weighted by Crippen LogP contribution is -2.51. The van der Waals surface area contributed by atoms with E-state index in [-0.39, 0.29) is 22.7 Å². The average Bonchev–Trinajstić information content (AvgIpc) is 2.99. The number of ether oxygens (including phenoxy) is 2. The quantitative estimate of drug-likeness (QED) is 0.322. The van der Waals surface area contributed by atoms with Gasteiger partial charge in [-0.3, -0.25) is 13.9 Å². The smallest absolute Gasteiger partial charge is 0.264 e. The third-order valence-corrected chi connectivity index (χ3v) is 8.51. The van der Waals surface area contributed by atoms with Crippen LogP contribution in [-0.2, 0) is 26.2 Å². The van der Waals surface area contributed by atoms with E-state index in [1.807, 2.05) is 6.92 Å². The van der Waals surface area contributed by atoms with E-state index >= 15 is 0 Å². The summed E-state index contributed by atoms with van der Waals surface area (Å²) in [6.45, 7) is 3.74. The average molecular weight is 584 g/mol. The zero-order valence-electron chi connectivity index (χ0n) is 23.1. The number of nitrogens with zero attached hydrogens (tertiary/aromatic N) is 2. The number of amides is 2. The highest BCUT2D eigenvalue weighted by molar-refractivity contribution is 7.92. The summed E-state index contributed by atoms with van der Waals surface area (Å²) in [5.41, 5.74) is 0.378. The Morgan fingerprint density at radius 1 is 0.976 bits per heavy atom. The fraction of sp³-hybridized carbons (Fsp3) is 0.333. The highest BCUT2D eigenvalue weighted by atomic mass is 32.2. The zero-order chi connectivity index (χ0) is 29.4. The fourth-order valence-electron chi connectivity index (χ4n) is 4.36. The van der Waals surface area contributed by atoms with Gasteiger partial charge in [-0.05, 0) is 43.7 Å². The number of benzene rings is 3. The van der Waals surface area contributed by atoms with Crippen LogP contribution >= 0.6 is 0 Å². The van der Waals surface area contributed by atoms with Crippen LogP contribution in [-0.4, -0.2) is 57.5 Å². The Kier molecular flexibility index (Phi) is 9.82. The minimum atomic E-state index is -4.24. The van der Waals surface area contributed by atoms with Crippen LogP contribution in [0.2, 0.25) is 0 Å². The van der Waals surface area contributed by atoms with Crippen molar-refractivity contribution in [1.82, 2.24) is 10.2 Å². The highest BCUT2D eigenvalue weighted by Gasteiger charge is 2.33. The lowest BCUT2D eigenvalue weighted by Gasteiger charge is -2.32. The van der Waals surface area contributed by atoms with Gasteiger partial charge in [0.05, 0.1) is 10.6 Å². The van der Waals surface area contributed by atoms with Gasteiger partial charge in [0.2, 0.25) is 11.8 Å². The third-order valence-electron chi connectivity index (χ3n) is 6.72. The molecule has 0 aliphatic carbocycles. The molecule has 3 aromatic carbocycles. The summed E-state index contributed by atoms with van der Waals surface area (Å²) in [6.07, 6.45) is 1.63. The van der Waals surface area contributed by atoms with Crippen LogP contribution in [0.25, 0.3) is 0 Å². The first kappa shape index (κ1) is 29.9. The van der Waals surface area contributed by atoms with Crippen LogP contribution in [0.5, 0.6) is 11.5 Å². The molecule has 0 saturated heterocycles. The number of carbonyl (C=O) groups is 2. The summed E-state index contributed by atoms with van der Waals surface area (Å²) in [4.78, 5) is 28.1. The molecule has 2 amide bonds. The number of carbonyl (C=O) groups excluding carboxylic acids is 2. The Bertz CT molecular complexity index is 1470. The van der Waals surface area contributed by atoms with Gasteiger partial charge in [0, 0.05) is 24.7 Å². The molecule has 3 aromatic rings. The molecule has 0 saturated carbocycles. The molecule has 218 valence electrons. The van der Waals surface area contributed by atoms with E-state index < -0.39 is 40.2 Å². The Morgan fingerprint density at radius 3 is 2.37 bits per heavy atom. The maximum Gasteiger partial charge on any atom is 0.264 e. The molecule has 0 fully saturated rings. The van der Waals surface area contributed by atoms with Gasteiger partial charge in [0.25, 0.3) is 10.0 Å². The summed E-state index contributed by atoms with van der Waals surface area (Å²) >= 11 is 0. The van der Waals surface area contributed by atoms with Crippen LogP contribution in [0.3, 0.4) is 0 Å². The third kappa shape index (κ3) is 7.15. The van der Waals surface area contributed by atoms with Gasteiger partial charge in [-0.2, -0.15) is 0 Å². The first-order chi connectivity index (χ1) is 19.7. The number of hydrogen-bond acceptors (Lipinski definition) is 6. The minimum absolute atomic E-state index is 0.0197. The van der Waals surface area contributed by atoms with Crippen molar-refractivity contribution >= 4 is 27.5 Å². The monoisotopic (exact) mass is 583 g/mol. The molecule has 0 radical (unpaired) electrons. The number of sulfonamides is 1. The number of unbranched alkanes of at least 4 members (excludes halogenated alkanes) is 1. The number of rotatable bonds is 12. The summed E-state index contributed by atoms with van der Waals surface area (Å²) in [5, 5.41) is 2.81. The van der Waals surface area contributed by atoms with Crippen molar-refractivity contribution in [2.75, 3.05) is 30.6 Å². The number of hydrogen-bond donors (Lipinski definition) is 1. The molecular formula is C30H34FN3O6S. The van der Waals surface area contributed by atoms with Crippen LogP contribution in [0, 0.1) is 5.82 Å². The van der Waals surface area contributed by atoms with Crippen molar-refractivity contribution in [2.24, 2.45) is 0 Å². The van der Waals surface area contributed by atoms with E-state index in [0.717, 1.165) is 17.1 Å². The van der Waals surface area contributed by atoms with Crippen LogP contribution in [0.4, 0.5) is 10.1 Å². The van der Waals surface area contributed by atoms with Crippen LogP contribution in [0.15, 0.2) is 77.7 Å². The van der Waals surface area contributed by atoms with Crippen molar-refractivity contribution < 1.29 is 31.9 Å². The predicted molar refractivity (Wildman–Crippen MR) is 153 cm³/mol. The summed E-state index contributed by atoms with van der Waals surface area (Å²) < 4.78 is 54.6. The first-order valence-electron chi connectivity index (χ1n) is 13.5. The molecule has 1 heterocycles.